The van der Waals surface area contributed by atoms with Crippen LogP contribution in [0.4, 0.5) is 4.39 Å². The molecule has 1 atom stereocenters. The van der Waals surface area contributed by atoms with E-state index in [0.29, 0.717) is 9.79 Å². The second-order valence-electron chi connectivity index (χ2n) is 4.67. The number of hydrogen-bond donors (Lipinski definition) is 1. The Bertz CT molecular complexity index is 837. The van der Waals surface area contributed by atoms with Crippen molar-refractivity contribution < 1.29 is 4.39 Å². The fraction of sp³-hybridized carbons (Fsp3) is 0.133. The molecule has 0 radical (unpaired) electrons. The second kappa shape index (κ2) is 5.04. The maximum absolute atomic E-state index is 13.4. The predicted octanol–water partition coefficient (Wildman–Crippen LogP) is 5.10. The molecule has 3 aromatic rings. The highest BCUT2D eigenvalue weighted by atomic mass is 35.5. The van der Waals surface area contributed by atoms with E-state index in [4.69, 9.17) is 23.8 Å². The number of aromatic nitrogens is 2. The molecule has 0 spiro atoms. The van der Waals surface area contributed by atoms with Crippen LogP contribution in [0.25, 0.3) is 11.0 Å². The van der Waals surface area contributed by atoms with Gasteiger partial charge in [0.25, 0.3) is 0 Å². The van der Waals surface area contributed by atoms with Gasteiger partial charge in [-0.2, -0.15) is 0 Å². The summed E-state index contributed by atoms with van der Waals surface area (Å²) in [7, 11) is 0. The van der Waals surface area contributed by atoms with Crippen LogP contribution in [0.15, 0.2) is 42.5 Å². The zero-order valence-electron chi connectivity index (χ0n) is 10.7. The Labute approximate surface area is 125 Å². The van der Waals surface area contributed by atoms with E-state index >= 15 is 0 Å². The number of halogens is 2. The number of rotatable bonds is 2. The standard InChI is InChI=1S/C15H12ClFN2S/c1-9(10-4-2-5-11(17)8-10)19-13-7-3-6-12(16)14(13)18-15(19)20/h2-9H,1H3,(H,18,20). The van der Waals surface area contributed by atoms with Crippen molar-refractivity contribution in [2.45, 2.75) is 13.0 Å². The average molecular weight is 307 g/mol. The summed E-state index contributed by atoms with van der Waals surface area (Å²) >= 11 is 11.5. The number of hydrogen-bond acceptors (Lipinski definition) is 1. The lowest BCUT2D eigenvalue weighted by Crippen LogP contribution is -2.07. The quantitative estimate of drug-likeness (QED) is 0.653. The van der Waals surface area contributed by atoms with Crippen LogP contribution in [-0.2, 0) is 0 Å². The number of nitrogens with one attached hydrogen (secondary N) is 1. The number of aromatic amines is 1. The molecule has 2 nitrogen and oxygen atoms in total. The molecule has 1 heterocycles. The molecule has 3 rings (SSSR count). The summed E-state index contributed by atoms with van der Waals surface area (Å²) in [5, 5.41) is 0.624. The van der Waals surface area contributed by atoms with Gasteiger partial charge >= 0.3 is 0 Å². The van der Waals surface area contributed by atoms with E-state index in [-0.39, 0.29) is 11.9 Å². The lowest BCUT2D eigenvalue weighted by Gasteiger charge is -2.15. The number of para-hydroxylation sites is 1. The summed E-state index contributed by atoms with van der Waals surface area (Å²) in [6, 6.07) is 12.1. The molecule has 0 fully saturated rings. The van der Waals surface area contributed by atoms with Gasteiger partial charge in [-0.25, -0.2) is 4.39 Å². The number of imidazole rings is 1. The first-order valence-electron chi connectivity index (χ1n) is 6.22. The molecule has 5 heteroatoms. The molecule has 0 saturated heterocycles. The number of H-pyrrole nitrogens is 1. The third-order valence-corrected chi connectivity index (χ3v) is 4.03. The molecule has 1 N–H and O–H groups in total. The van der Waals surface area contributed by atoms with E-state index in [1.165, 1.54) is 12.1 Å². The van der Waals surface area contributed by atoms with Gasteiger partial charge in [0.05, 0.1) is 22.1 Å². The van der Waals surface area contributed by atoms with Crippen molar-refractivity contribution in [3.05, 3.63) is 63.6 Å². The molecule has 1 unspecified atom stereocenters. The Morgan fingerprint density at radius 1 is 1.25 bits per heavy atom. The first kappa shape index (κ1) is 13.3. The van der Waals surface area contributed by atoms with Crippen molar-refractivity contribution in [1.82, 2.24) is 9.55 Å². The van der Waals surface area contributed by atoms with Crippen LogP contribution in [0.5, 0.6) is 0 Å². The average Bonchev–Trinajstić information content (AvgIpc) is 2.76. The van der Waals surface area contributed by atoms with Gasteiger partial charge in [-0.15, -0.1) is 0 Å². The molecular formula is C15H12ClFN2S. The lowest BCUT2D eigenvalue weighted by atomic mass is 10.1. The summed E-state index contributed by atoms with van der Waals surface area (Å²) in [5.74, 6) is -0.251. The van der Waals surface area contributed by atoms with Gasteiger partial charge in [-0.1, -0.05) is 29.8 Å². The van der Waals surface area contributed by atoms with E-state index in [2.05, 4.69) is 4.98 Å². The van der Waals surface area contributed by atoms with E-state index < -0.39 is 0 Å². The third-order valence-electron chi connectivity index (χ3n) is 3.42. The summed E-state index contributed by atoms with van der Waals surface area (Å²) in [6.45, 7) is 1.98. The van der Waals surface area contributed by atoms with Crippen molar-refractivity contribution in [1.29, 1.82) is 0 Å². The van der Waals surface area contributed by atoms with Crippen LogP contribution in [0, 0.1) is 10.6 Å². The van der Waals surface area contributed by atoms with Crippen molar-refractivity contribution in [2.24, 2.45) is 0 Å². The summed E-state index contributed by atoms with van der Waals surface area (Å²) in [5.41, 5.74) is 2.59. The molecule has 2 aromatic carbocycles. The Kier molecular flexibility index (Phi) is 3.36. The van der Waals surface area contributed by atoms with Gasteiger partial charge in [0.1, 0.15) is 5.82 Å². The van der Waals surface area contributed by atoms with E-state index in [9.17, 15) is 4.39 Å². The normalized spacial score (nSPS) is 12.8. The first-order valence-corrected chi connectivity index (χ1v) is 7.01. The topological polar surface area (TPSA) is 20.7 Å². The van der Waals surface area contributed by atoms with Crippen molar-refractivity contribution in [2.75, 3.05) is 0 Å². The molecule has 0 aliphatic rings. The van der Waals surface area contributed by atoms with Crippen LogP contribution in [0.2, 0.25) is 5.02 Å². The molecule has 0 bridgehead atoms. The van der Waals surface area contributed by atoms with Crippen LogP contribution < -0.4 is 0 Å². The zero-order chi connectivity index (χ0) is 14.3. The van der Waals surface area contributed by atoms with E-state index in [0.717, 1.165) is 16.6 Å². The minimum Gasteiger partial charge on any atom is -0.329 e. The van der Waals surface area contributed by atoms with Gasteiger partial charge in [-0.05, 0) is 49.0 Å². The number of fused-ring (bicyclic) bond motifs is 1. The monoisotopic (exact) mass is 306 g/mol. The summed E-state index contributed by atoms with van der Waals surface area (Å²) < 4.78 is 15.9. The molecule has 0 aliphatic heterocycles. The molecule has 102 valence electrons. The Morgan fingerprint density at radius 3 is 2.75 bits per heavy atom. The van der Waals surface area contributed by atoms with Crippen molar-refractivity contribution in [3.63, 3.8) is 0 Å². The summed E-state index contributed by atoms with van der Waals surface area (Å²) in [6.07, 6.45) is 0. The van der Waals surface area contributed by atoms with E-state index in [1.807, 2.05) is 35.8 Å². The Morgan fingerprint density at radius 2 is 2.00 bits per heavy atom. The number of benzene rings is 2. The maximum atomic E-state index is 13.4. The predicted molar refractivity (Wildman–Crippen MR) is 82.3 cm³/mol. The molecule has 0 aliphatic carbocycles. The largest absolute Gasteiger partial charge is 0.329 e. The molecule has 20 heavy (non-hydrogen) atoms. The van der Waals surface area contributed by atoms with Gasteiger partial charge in [0.2, 0.25) is 0 Å². The molecular weight excluding hydrogens is 295 g/mol. The fourth-order valence-electron chi connectivity index (χ4n) is 2.41. The lowest BCUT2D eigenvalue weighted by molar-refractivity contribution is 0.608. The van der Waals surface area contributed by atoms with Gasteiger partial charge in [0, 0.05) is 0 Å². The minimum absolute atomic E-state index is 0.0783. The Balaban J connectivity index is 2.22. The van der Waals surface area contributed by atoms with Gasteiger partial charge in [-0.3, -0.25) is 0 Å². The highest BCUT2D eigenvalue weighted by Crippen LogP contribution is 2.28. The highest BCUT2D eigenvalue weighted by molar-refractivity contribution is 7.71. The smallest absolute Gasteiger partial charge is 0.178 e. The second-order valence-corrected chi connectivity index (χ2v) is 5.46. The number of nitrogens with zero attached hydrogens (tertiary/aromatic N) is 1. The fourth-order valence-corrected chi connectivity index (χ4v) is 2.99. The summed E-state index contributed by atoms with van der Waals surface area (Å²) in [4.78, 5) is 3.11. The highest BCUT2D eigenvalue weighted by Gasteiger charge is 2.14. The van der Waals surface area contributed by atoms with Crippen molar-refractivity contribution >= 4 is 34.9 Å². The van der Waals surface area contributed by atoms with Crippen LogP contribution in [0.3, 0.4) is 0 Å². The molecule has 1 aromatic heterocycles. The Hall–Kier alpha value is -1.65. The van der Waals surface area contributed by atoms with Crippen LogP contribution in [0.1, 0.15) is 18.5 Å². The maximum Gasteiger partial charge on any atom is 0.178 e. The van der Waals surface area contributed by atoms with Gasteiger partial charge in [0.15, 0.2) is 4.77 Å². The molecule has 0 amide bonds. The van der Waals surface area contributed by atoms with E-state index in [1.54, 1.807) is 6.07 Å². The minimum atomic E-state index is -0.251. The first-order chi connectivity index (χ1) is 9.58. The third kappa shape index (κ3) is 2.15. The van der Waals surface area contributed by atoms with Crippen molar-refractivity contribution in [3.8, 4) is 0 Å². The zero-order valence-corrected chi connectivity index (χ0v) is 12.3. The van der Waals surface area contributed by atoms with Crippen LogP contribution >= 0.6 is 23.8 Å². The van der Waals surface area contributed by atoms with Crippen LogP contribution in [-0.4, -0.2) is 9.55 Å². The molecule has 0 saturated carbocycles. The SMILES string of the molecule is CC(c1cccc(F)c1)n1c(=S)[nH]c2c(Cl)cccc21. The van der Waals surface area contributed by atoms with Gasteiger partial charge < -0.3 is 9.55 Å².